The minimum Gasteiger partial charge on any atom is -0.271 e. The minimum atomic E-state index is 0.465. The van der Waals surface area contributed by atoms with E-state index in [1.807, 2.05) is 6.08 Å². The Kier molecular flexibility index (Phi) is 9.03. The van der Waals surface area contributed by atoms with Gasteiger partial charge in [0.25, 0.3) is 0 Å². The predicted octanol–water partition coefficient (Wildman–Crippen LogP) is 3.98. The molecule has 0 amide bonds. The molecule has 0 heterocycles. The lowest BCUT2D eigenvalue weighted by Crippen LogP contribution is -2.35. The second kappa shape index (κ2) is 10.8. The average Bonchev–Trinajstić information content (AvgIpc) is 2.46. The monoisotopic (exact) mass is 260 g/mol. The van der Waals surface area contributed by atoms with Crippen LogP contribution in [0.4, 0.5) is 0 Å². The number of hydrogen-bond donors (Lipinski definition) is 2. The highest BCUT2D eigenvalue weighted by molar-refractivity contribution is 5.14. The number of nitrogens with two attached hydrogens (primary N) is 1. The Morgan fingerprint density at radius 2 is 1.79 bits per heavy atom. The topological polar surface area (TPSA) is 38.0 Å². The molecular weight excluding hydrogens is 232 g/mol. The summed E-state index contributed by atoms with van der Waals surface area (Å²) in [7, 11) is 0. The van der Waals surface area contributed by atoms with Crippen LogP contribution in [0.5, 0.6) is 0 Å². The highest BCUT2D eigenvalue weighted by atomic mass is 15.2. The molecule has 1 rings (SSSR count). The van der Waals surface area contributed by atoms with Crippen molar-refractivity contribution in [3.63, 3.8) is 0 Å². The Bertz CT molecular complexity index is 321. The van der Waals surface area contributed by atoms with Crippen LogP contribution in [-0.2, 0) is 6.42 Å². The number of hydrazine groups is 1. The second-order valence-electron chi connectivity index (χ2n) is 5.17. The average molecular weight is 260 g/mol. The Balaban J connectivity index is 2.09. The van der Waals surface area contributed by atoms with Crippen molar-refractivity contribution in [2.24, 2.45) is 5.84 Å². The molecule has 0 saturated heterocycles. The van der Waals surface area contributed by atoms with E-state index in [9.17, 15) is 0 Å². The third-order valence-corrected chi connectivity index (χ3v) is 3.56. The lowest BCUT2D eigenvalue weighted by molar-refractivity contribution is 0.431. The predicted molar refractivity (Wildman–Crippen MR) is 83.8 cm³/mol. The van der Waals surface area contributed by atoms with E-state index in [4.69, 9.17) is 5.84 Å². The van der Waals surface area contributed by atoms with Crippen LogP contribution in [0.3, 0.4) is 0 Å². The zero-order valence-corrected chi connectivity index (χ0v) is 12.0. The van der Waals surface area contributed by atoms with E-state index in [0.717, 1.165) is 19.3 Å². The van der Waals surface area contributed by atoms with Crippen LogP contribution in [0.15, 0.2) is 43.0 Å². The summed E-state index contributed by atoms with van der Waals surface area (Å²) in [6.45, 7) is 3.75. The zero-order chi connectivity index (χ0) is 13.8. The van der Waals surface area contributed by atoms with Crippen LogP contribution in [0.1, 0.15) is 50.5 Å². The summed E-state index contributed by atoms with van der Waals surface area (Å²) in [6, 6.07) is 11.1. The van der Waals surface area contributed by atoms with E-state index in [1.165, 1.54) is 37.7 Å². The van der Waals surface area contributed by atoms with Crippen molar-refractivity contribution in [1.29, 1.82) is 0 Å². The molecule has 19 heavy (non-hydrogen) atoms. The van der Waals surface area contributed by atoms with Gasteiger partial charge in [-0.25, -0.2) is 0 Å². The molecule has 2 nitrogen and oxygen atoms in total. The van der Waals surface area contributed by atoms with Gasteiger partial charge in [-0.05, 0) is 44.1 Å². The van der Waals surface area contributed by atoms with Crippen molar-refractivity contribution in [2.75, 3.05) is 0 Å². The first-order valence-corrected chi connectivity index (χ1v) is 7.47. The van der Waals surface area contributed by atoms with Crippen LogP contribution in [-0.4, -0.2) is 6.04 Å². The van der Waals surface area contributed by atoms with E-state index in [2.05, 4.69) is 42.3 Å². The standard InChI is InChI=1S/C17H28N2/c1-2-3-4-5-9-14-17(19-18)15-10-13-16-11-7-6-8-12-16/h2,6-8,11-12,17,19H,1,3-5,9-10,13-15,18H2. The third-order valence-electron chi connectivity index (χ3n) is 3.56. The van der Waals surface area contributed by atoms with E-state index in [-0.39, 0.29) is 0 Å². The van der Waals surface area contributed by atoms with Crippen molar-refractivity contribution >= 4 is 0 Å². The van der Waals surface area contributed by atoms with Gasteiger partial charge in [-0.15, -0.1) is 6.58 Å². The molecule has 1 unspecified atom stereocenters. The van der Waals surface area contributed by atoms with Gasteiger partial charge in [0.2, 0.25) is 0 Å². The Morgan fingerprint density at radius 3 is 2.47 bits per heavy atom. The summed E-state index contributed by atoms with van der Waals surface area (Å²) in [5.74, 6) is 5.63. The molecule has 1 atom stereocenters. The zero-order valence-electron chi connectivity index (χ0n) is 12.0. The van der Waals surface area contributed by atoms with Gasteiger partial charge in [-0.2, -0.15) is 0 Å². The van der Waals surface area contributed by atoms with Crippen molar-refractivity contribution < 1.29 is 0 Å². The molecule has 0 aliphatic rings. The van der Waals surface area contributed by atoms with Crippen molar-refractivity contribution in [3.8, 4) is 0 Å². The number of rotatable bonds is 11. The molecule has 3 N–H and O–H groups in total. The van der Waals surface area contributed by atoms with Crippen LogP contribution >= 0.6 is 0 Å². The molecule has 0 aromatic heterocycles. The number of hydrogen-bond acceptors (Lipinski definition) is 2. The maximum absolute atomic E-state index is 5.63. The molecule has 1 aromatic carbocycles. The third kappa shape index (κ3) is 7.81. The number of benzene rings is 1. The molecule has 0 fully saturated rings. The van der Waals surface area contributed by atoms with Crippen molar-refractivity contribution in [3.05, 3.63) is 48.6 Å². The van der Waals surface area contributed by atoms with Crippen molar-refractivity contribution in [2.45, 2.75) is 57.4 Å². The van der Waals surface area contributed by atoms with Gasteiger partial charge in [0.1, 0.15) is 0 Å². The number of aryl methyl sites for hydroxylation is 1. The molecule has 0 bridgehead atoms. The molecule has 0 saturated carbocycles. The fourth-order valence-corrected chi connectivity index (χ4v) is 2.36. The molecule has 1 aromatic rings. The van der Waals surface area contributed by atoms with Gasteiger partial charge in [0.05, 0.1) is 0 Å². The molecule has 0 aliphatic carbocycles. The highest BCUT2D eigenvalue weighted by Crippen LogP contribution is 2.12. The summed E-state index contributed by atoms with van der Waals surface area (Å²) < 4.78 is 0. The maximum atomic E-state index is 5.63. The summed E-state index contributed by atoms with van der Waals surface area (Å²) in [5.41, 5.74) is 4.38. The number of unbranched alkanes of at least 4 members (excludes halogenated alkanes) is 3. The van der Waals surface area contributed by atoms with Gasteiger partial charge in [0.15, 0.2) is 0 Å². The van der Waals surface area contributed by atoms with Crippen LogP contribution in [0.25, 0.3) is 0 Å². The summed E-state index contributed by atoms with van der Waals surface area (Å²) in [5, 5.41) is 0. The summed E-state index contributed by atoms with van der Waals surface area (Å²) in [6.07, 6.45) is 11.6. The van der Waals surface area contributed by atoms with Gasteiger partial charge < -0.3 is 0 Å². The maximum Gasteiger partial charge on any atom is 0.0210 e. The second-order valence-corrected chi connectivity index (χ2v) is 5.17. The van der Waals surface area contributed by atoms with Crippen LogP contribution in [0.2, 0.25) is 0 Å². The SMILES string of the molecule is C=CCCCCCC(CCCc1ccccc1)NN. The van der Waals surface area contributed by atoms with E-state index in [1.54, 1.807) is 0 Å². The smallest absolute Gasteiger partial charge is 0.0210 e. The summed E-state index contributed by atoms with van der Waals surface area (Å²) in [4.78, 5) is 0. The lowest BCUT2D eigenvalue weighted by atomic mass is 10.0. The molecule has 0 spiro atoms. The van der Waals surface area contributed by atoms with Gasteiger partial charge >= 0.3 is 0 Å². The fraction of sp³-hybridized carbons (Fsp3) is 0.529. The molecular formula is C17H28N2. The Hall–Kier alpha value is -1.12. The quantitative estimate of drug-likeness (QED) is 0.273. The molecule has 0 aliphatic heterocycles. The van der Waals surface area contributed by atoms with E-state index < -0.39 is 0 Å². The summed E-state index contributed by atoms with van der Waals surface area (Å²) >= 11 is 0. The largest absolute Gasteiger partial charge is 0.271 e. The van der Waals surface area contributed by atoms with Crippen LogP contribution in [0, 0.1) is 0 Å². The van der Waals surface area contributed by atoms with E-state index in [0.29, 0.717) is 6.04 Å². The molecule has 2 heteroatoms. The van der Waals surface area contributed by atoms with Gasteiger partial charge in [-0.3, -0.25) is 11.3 Å². The van der Waals surface area contributed by atoms with Crippen molar-refractivity contribution in [1.82, 2.24) is 5.43 Å². The normalized spacial score (nSPS) is 12.3. The first kappa shape index (κ1) is 15.9. The van der Waals surface area contributed by atoms with Gasteiger partial charge in [-0.1, -0.05) is 49.2 Å². The Morgan fingerprint density at radius 1 is 1.05 bits per heavy atom. The fourth-order valence-electron chi connectivity index (χ4n) is 2.36. The van der Waals surface area contributed by atoms with Gasteiger partial charge in [0, 0.05) is 6.04 Å². The number of nitrogens with one attached hydrogen (secondary N) is 1. The Labute approximate surface area is 118 Å². The molecule has 106 valence electrons. The van der Waals surface area contributed by atoms with E-state index >= 15 is 0 Å². The lowest BCUT2D eigenvalue weighted by Gasteiger charge is -2.15. The molecule has 0 radical (unpaired) electrons. The minimum absolute atomic E-state index is 0.465. The number of allylic oxidation sites excluding steroid dienone is 1. The first-order valence-electron chi connectivity index (χ1n) is 7.47. The highest BCUT2D eigenvalue weighted by Gasteiger charge is 2.05. The first-order chi connectivity index (χ1) is 9.36. The van der Waals surface area contributed by atoms with Crippen LogP contribution < -0.4 is 11.3 Å².